The van der Waals surface area contributed by atoms with Gasteiger partial charge in [-0.15, -0.1) is 0 Å². The van der Waals surface area contributed by atoms with Crippen LogP contribution < -0.4 is 9.47 Å². The molecule has 3 heteroatoms. The average molecular weight is 253 g/mol. The molecule has 2 aromatic carbocycles. The van der Waals surface area contributed by atoms with E-state index >= 15 is 0 Å². The van der Waals surface area contributed by atoms with E-state index in [0.717, 1.165) is 11.1 Å². The maximum absolute atomic E-state index is 9.47. The zero-order valence-electron chi connectivity index (χ0n) is 11.0. The van der Waals surface area contributed by atoms with E-state index < -0.39 is 0 Å². The first-order valence-electron chi connectivity index (χ1n) is 5.96. The third kappa shape index (κ3) is 2.69. The molecule has 0 amide bonds. The Morgan fingerprint density at radius 3 is 2.32 bits per heavy atom. The first-order chi connectivity index (χ1) is 9.30. The molecular weight excluding hydrogens is 238 g/mol. The molecule has 0 aliphatic rings. The summed E-state index contributed by atoms with van der Waals surface area (Å²) in [4.78, 5) is 0. The highest BCUT2D eigenvalue weighted by atomic mass is 16.5. The van der Waals surface area contributed by atoms with Crippen LogP contribution in [0.25, 0.3) is 0 Å². The second-order valence-corrected chi connectivity index (χ2v) is 4.08. The van der Waals surface area contributed by atoms with Gasteiger partial charge in [0.2, 0.25) is 0 Å². The van der Waals surface area contributed by atoms with Crippen LogP contribution in [-0.2, 0) is 0 Å². The van der Waals surface area contributed by atoms with Crippen molar-refractivity contribution in [3.8, 4) is 17.6 Å². The normalized spacial score (nSPS) is 11.4. The molecule has 0 aromatic heterocycles. The van der Waals surface area contributed by atoms with Gasteiger partial charge in [0.15, 0.2) is 0 Å². The molecule has 0 radical (unpaired) electrons. The summed E-state index contributed by atoms with van der Waals surface area (Å²) in [5, 5.41) is 9.47. The Kier molecular flexibility index (Phi) is 4.04. The summed E-state index contributed by atoms with van der Waals surface area (Å²) < 4.78 is 10.6. The van der Waals surface area contributed by atoms with Crippen molar-refractivity contribution >= 4 is 0 Å². The van der Waals surface area contributed by atoms with Gasteiger partial charge in [-0.1, -0.05) is 30.3 Å². The van der Waals surface area contributed by atoms with Crippen molar-refractivity contribution < 1.29 is 9.47 Å². The predicted octanol–water partition coefficient (Wildman–Crippen LogP) is 3.36. The fraction of sp³-hybridized carbons (Fsp3) is 0.188. The van der Waals surface area contributed by atoms with Gasteiger partial charge in [0.1, 0.15) is 11.5 Å². The lowest BCUT2D eigenvalue weighted by atomic mass is 9.92. The van der Waals surface area contributed by atoms with Gasteiger partial charge in [-0.3, -0.25) is 0 Å². The zero-order valence-corrected chi connectivity index (χ0v) is 11.0. The van der Waals surface area contributed by atoms with Crippen molar-refractivity contribution in [1.82, 2.24) is 0 Å². The molecule has 0 aliphatic carbocycles. The van der Waals surface area contributed by atoms with E-state index in [0.29, 0.717) is 11.5 Å². The number of ether oxygens (including phenoxy) is 2. The highest BCUT2D eigenvalue weighted by Gasteiger charge is 2.18. The fourth-order valence-electron chi connectivity index (χ4n) is 2.03. The first kappa shape index (κ1) is 13.0. The Hall–Kier alpha value is -2.47. The van der Waals surface area contributed by atoms with Gasteiger partial charge >= 0.3 is 0 Å². The minimum atomic E-state index is -0.369. The van der Waals surface area contributed by atoms with Crippen LogP contribution in [0.3, 0.4) is 0 Å². The summed E-state index contributed by atoms with van der Waals surface area (Å²) in [6, 6.07) is 17.5. The standard InChI is InChI=1S/C16H15NO2/c1-18-13-8-9-16(19-2)14(10-13)15(11-17)12-6-4-3-5-7-12/h3-10,15H,1-2H3. The number of benzene rings is 2. The van der Waals surface area contributed by atoms with Gasteiger partial charge in [0.05, 0.1) is 26.2 Å². The molecule has 3 nitrogen and oxygen atoms in total. The first-order valence-corrected chi connectivity index (χ1v) is 5.96. The molecule has 0 N–H and O–H groups in total. The van der Waals surface area contributed by atoms with Crippen LogP contribution in [0.15, 0.2) is 48.5 Å². The SMILES string of the molecule is COc1ccc(OC)c(C(C#N)c2ccccc2)c1. The molecule has 2 rings (SSSR count). The molecule has 2 aromatic rings. The lowest BCUT2D eigenvalue weighted by Crippen LogP contribution is -2.01. The van der Waals surface area contributed by atoms with Gasteiger partial charge in [-0.2, -0.15) is 5.26 Å². The van der Waals surface area contributed by atoms with Gasteiger partial charge in [-0.25, -0.2) is 0 Å². The molecule has 0 fully saturated rings. The van der Waals surface area contributed by atoms with Crippen LogP contribution >= 0.6 is 0 Å². The monoisotopic (exact) mass is 253 g/mol. The molecule has 1 atom stereocenters. The molecular formula is C16H15NO2. The second kappa shape index (κ2) is 5.92. The van der Waals surface area contributed by atoms with E-state index in [-0.39, 0.29) is 5.92 Å². The Morgan fingerprint density at radius 1 is 1.00 bits per heavy atom. The number of rotatable bonds is 4. The lowest BCUT2D eigenvalue weighted by Gasteiger charge is -2.15. The van der Waals surface area contributed by atoms with Crippen LogP contribution in [0.4, 0.5) is 0 Å². The number of methoxy groups -OCH3 is 2. The molecule has 1 unspecified atom stereocenters. The van der Waals surface area contributed by atoms with Crippen molar-refractivity contribution in [2.24, 2.45) is 0 Å². The average Bonchev–Trinajstić information content (AvgIpc) is 2.49. The summed E-state index contributed by atoms with van der Waals surface area (Å²) in [5.74, 6) is 1.04. The molecule has 0 bridgehead atoms. The number of hydrogen-bond donors (Lipinski definition) is 0. The van der Waals surface area contributed by atoms with Gasteiger partial charge in [-0.05, 0) is 23.8 Å². The third-order valence-corrected chi connectivity index (χ3v) is 3.01. The maximum atomic E-state index is 9.47. The van der Waals surface area contributed by atoms with Crippen LogP contribution in [0.2, 0.25) is 0 Å². The number of nitriles is 1. The Morgan fingerprint density at radius 2 is 1.74 bits per heavy atom. The van der Waals surface area contributed by atoms with E-state index in [1.807, 2.05) is 48.5 Å². The Bertz CT molecular complexity index is 587. The molecule has 0 saturated carbocycles. The second-order valence-electron chi connectivity index (χ2n) is 4.08. The fourth-order valence-corrected chi connectivity index (χ4v) is 2.03. The van der Waals surface area contributed by atoms with Crippen molar-refractivity contribution in [2.45, 2.75) is 5.92 Å². The minimum absolute atomic E-state index is 0.369. The van der Waals surface area contributed by atoms with Crippen molar-refractivity contribution in [2.75, 3.05) is 14.2 Å². The number of nitrogens with zero attached hydrogens (tertiary/aromatic N) is 1. The molecule has 96 valence electrons. The molecule has 0 heterocycles. The third-order valence-electron chi connectivity index (χ3n) is 3.01. The smallest absolute Gasteiger partial charge is 0.124 e. The summed E-state index contributed by atoms with van der Waals surface area (Å²) in [7, 11) is 3.21. The summed E-state index contributed by atoms with van der Waals surface area (Å²) >= 11 is 0. The summed E-state index contributed by atoms with van der Waals surface area (Å²) in [5.41, 5.74) is 1.76. The Labute approximate surface area is 113 Å². The van der Waals surface area contributed by atoms with Crippen LogP contribution in [0, 0.1) is 11.3 Å². The maximum Gasteiger partial charge on any atom is 0.124 e. The van der Waals surface area contributed by atoms with Gasteiger partial charge in [0, 0.05) is 5.56 Å². The van der Waals surface area contributed by atoms with Crippen molar-refractivity contribution in [1.29, 1.82) is 5.26 Å². The largest absolute Gasteiger partial charge is 0.497 e. The van der Waals surface area contributed by atoms with Crippen LogP contribution in [-0.4, -0.2) is 14.2 Å². The van der Waals surface area contributed by atoms with E-state index in [4.69, 9.17) is 9.47 Å². The van der Waals surface area contributed by atoms with Crippen LogP contribution in [0.5, 0.6) is 11.5 Å². The lowest BCUT2D eigenvalue weighted by molar-refractivity contribution is 0.398. The highest BCUT2D eigenvalue weighted by Crippen LogP contribution is 2.34. The van der Waals surface area contributed by atoms with Crippen molar-refractivity contribution in [3.05, 3.63) is 59.7 Å². The zero-order chi connectivity index (χ0) is 13.7. The summed E-state index contributed by atoms with van der Waals surface area (Å²) in [6.07, 6.45) is 0. The predicted molar refractivity (Wildman–Crippen MR) is 73.4 cm³/mol. The Balaban J connectivity index is 2.52. The minimum Gasteiger partial charge on any atom is -0.497 e. The van der Waals surface area contributed by atoms with E-state index in [9.17, 15) is 5.26 Å². The van der Waals surface area contributed by atoms with E-state index in [2.05, 4.69) is 6.07 Å². The van der Waals surface area contributed by atoms with Gasteiger partial charge < -0.3 is 9.47 Å². The van der Waals surface area contributed by atoms with E-state index in [1.165, 1.54) is 0 Å². The number of hydrogen-bond acceptors (Lipinski definition) is 3. The summed E-state index contributed by atoms with van der Waals surface area (Å²) in [6.45, 7) is 0. The van der Waals surface area contributed by atoms with Crippen LogP contribution in [0.1, 0.15) is 17.0 Å². The van der Waals surface area contributed by atoms with Gasteiger partial charge in [0.25, 0.3) is 0 Å². The topological polar surface area (TPSA) is 42.2 Å². The van der Waals surface area contributed by atoms with E-state index in [1.54, 1.807) is 14.2 Å². The quantitative estimate of drug-likeness (QED) is 0.839. The highest BCUT2D eigenvalue weighted by molar-refractivity contribution is 5.49. The molecule has 0 aliphatic heterocycles. The molecule has 0 spiro atoms. The molecule has 19 heavy (non-hydrogen) atoms. The van der Waals surface area contributed by atoms with Crippen molar-refractivity contribution in [3.63, 3.8) is 0 Å². The molecule has 0 saturated heterocycles.